The molecule has 2 fully saturated rings. The molecule has 0 saturated carbocycles. The van der Waals surface area contributed by atoms with E-state index in [0.717, 1.165) is 18.8 Å². The predicted molar refractivity (Wildman–Crippen MR) is 130 cm³/mol. The minimum absolute atomic E-state index is 0.0286. The second kappa shape index (κ2) is 10.0. The number of anilines is 2. The van der Waals surface area contributed by atoms with E-state index in [1.807, 2.05) is 25.1 Å². The molecule has 0 bridgehead atoms. The highest BCUT2D eigenvalue weighted by molar-refractivity contribution is 7.80. The van der Waals surface area contributed by atoms with Crippen molar-refractivity contribution < 1.29 is 23.8 Å². The number of hydrogen-bond acceptors (Lipinski definition) is 7. The molecule has 0 unspecified atom stereocenters. The number of rotatable bonds is 6. The molecule has 2 aromatic carbocycles. The summed E-state index contributed by atoms with van der Waals surface area (Å²) in [5.74, 6) is 0.188. The fraction of sp³-hybridized carbons (Fsp3) is 0.292. The molecule has 2 aliphatic heterocycles. The largest absolute Gasteiger partial charge is 0.496 e. The lowest BCUT2D eigenvalue weighted by molar-refractivity contribution is -0.122. The quantitative estimate of drug-likeness (QED) is 0.398. The molecule has 9 heteroatoms. The van der Waals surface area contributed by atoms with Crippen molar-refractivity contribution in [3.63, 3.8) is 0 Å². The van der Waals surface area contributed by atoms with Gasteiger partial charge in [-0.05, 0) is 61.6 Å². The van der Waals surface area contributed by atoms with Gasteiger partial charge in [0.2, 0.25) is 0 Å². The van der Waals surface area contributed by atoms with Crippen molar-refractivity contribution in [3.8, 4) is 11.5 Å². The zero-order valence-electron chi connectivity index (χ0n) is 18.5. The van der Waals surface area contributed by atoms with Gasteiger partial charge in [-0.15, -0.1) is 0 Å². The van der Waals surface area contributed by atoms with E-state index in [-0.39, 0.29) is 10.7 Å². The maximum absolute atomic E-state index is 13.3. The van der Waals surface area contributed by atoms with Crippen molar-refractivity contribution in [2.45, 2.75) is 6.92 Å². The van der Waals surface area contributed by atoms with Crippen LogP contribution in [-0.2, 0) is 14.3 Å². The first kappa shape index (κ1) is 22.8. The van der Waals surface area contributed by atoms with Gasteiger partial charge in [-0.25, -0.2) is 0 Å². The monoisotopic (exact) mass is 467 g/mol. The number of nitrogens with zero attached hydrogens (tertiary/aromatic N) is 2. The van der Waals surface area contributed by atoms with E-state index in [2.05, 4.69) is 10.2 Å². The Kier molecular flexibility index (Phi) is 6.90. The van der Waals surface area contributed by atoms with Gasteiger partial charge in [0.1, 0.15) is 17.1 Å². The fourth-order valence-electron chi connectivity index (χ4n) is 3.74. The molecule has 2 saturated heterocycles. The van der Waals surface area contributed by atoms with Crippen LogP contribution >= 0.6 is 12.2 Å². The molecule has 2 amide bonds. The first-order valence-electron chi connectivity index (χ1n) is 10.7. The maximum Gasteiger partial charge on any atom is 0.270 e. The smallest absolute Gasteiger partial charge is 0.270 e. The van der Waals surface area contributed by atoms with Crippen LogP contribution < -0.4 is 24.6 Å². The predicted octanol–water partition coefficient (Wildman–Crippen LogP) is 2.76. The van der Waals surface area contributed by atoms with Crippen LogP contribution in [0.5, 0.6) is 11.5 Å². The van der Waals surface area contributed by atoms with Gasteiger partial charge in [-0.3, -0.25) is 19.8 Å². The summed E-state index contributed by atoms with van der Waals surface area (Å²) >= 11 is 5.28. The minimum atomic E-state index is -0.550. The third kappa shape index (κ3) is 4.84. The number of carbonyl (C=O) groups is 2. The van der Waals surface area contributed by atoms with Crippen molar-refractivity contribution in [3.05, 3.63) is 53.6 Å². The Morgan fingerprint density at radius 2 is 1.79 bits per heavy atom. The van der Waals surface area contributed by atoms with Gasteiger partial charge < -0.3 is 19.1 Å². The highest BCUT2D eigenvalue weighted by Gasteiger charge is 2.34. The molecule has 0 aromatic heterocycles. The fourth-order valence-corrected chi connectivity index (χ4v) is 4.02. The molecule has 2 aliphatic rings. The second-order valence-corrected chi connectivity index (χ2v) is 7.80. The van der Waals surface area contributed by atoms with E-state index in [1.165, 1.54) is 11.0 Å². The van der Waals surface area contributed by atoms with Crippen LogP contribution in [0.15, 0.2) is 48.0 Å². The zero-order chi connectivity index (χ0) is 23.4. The number of amides is 2. The molecule has 0 spiro atoms. The SMILES string of the molecule is CCOc1ccc(N2C(=O)C(=Cc3ccc(N4CCOCC4)cc3OC)C(=O)NC2=S)cc1. The van der Waals surface area contributed by atoms with Crippen LogP contribution in [0.2, 0.25) is 0 Å². The normalized spacial score (nSPS) is 17.9. The molecule has 0 radical (unpaired) electrons. The van der Waals surface area contributed by atoms with Gasteiger partial charge >= 0.3 is 0 Å². The standard InChI is InChI=1S/C24H25N3O5S/c1-3-32-19-8-6-17(7-9-19)27-23(29)20(22(28)25-24(27)33)14-16-4-5-18(15-21(16)30-2)26-10-12-31-13-11-26/h4-9,14-15H,3,10-13H2,1-2H3,(H,25,28,33). The van der Waals surface area contributed by atoms with Crippen molar-refractivity contribution in [1.29, 1.82) is 0 Å². The van der Waals surface area contributed by atoms with Gasteiger partial charge in [0, 0.05) is 30.4 Å². The average Bonchev–Trinajstić information content (AvgIpc) is 2.83. The van der Waals surface area contributed by atoms with E-state index in [1.54, 1.807) is 31.4 Å². The average molecular weight is 468 g/mol. The number of methoxy groups -OCH3 is 1. The van der Waals surface area contributed by atoms with Crippen LogP contribution in [-0.4, -0.2) is 56.9 Å². The summed E-state index contributed by atoms with van der Waals surface area (Å²) in [7, 11) is 1.56. The Bertz CT molecular complexity index is 1090. The Hall–Kier alpha value is -3.43. The number of benzene rings is 2. The highest BCUT2D eigenvalue weighted by Crippen LogP contribution is 2.30. The molecule has 2 heterocycles. The number of hydrogen-bond donors (Lipinski definition) is 1. The maximum atomic E-state index is 13.3. The topological polar surface area (TPSA) is 80.3 Å². The summed E-state index contributed by atoms with van der Waals surface area (Å²) in [6.45, 7) is 5.35. The molecule has 172 valence electrons. The summed E-state index contributed by atoms with van der Waals surface area (Å²) < 4.78 is 16.4. The lowest BCUT2D eigenvalue weighted by Gasteiger charge is -2.30. The van der Waals surface area contributed by atoms with Crippen LogP contribution in [0.4, 0.5) is 11.4 Å². The van der Waals surface area contributed by atoms with Crippen LogP contribution in [0, 0.1) is 0 Å². The van der Waals surface area contributed by atoms with Gasteiger partial charge in [-0.2, -0.15) is 0 Å². The van der Waals surface area contributed by atoms with Crippen LogP contribution in [0.25, 0.3) is 6.08 Å². The molecule has 2 aromatic rings. The van der Waals surface area contributed by atoms with E-state index in [9.17, 15) is 9.59 Å². The molecular formula is C24H25N3O5S. The van der Waals surface area contributed by atoms with E-state index in [0.29, 0.717) is 42.6 Å². The first-order chi connectivity index (χ1) is 16.0. The van der Waals surface area contributed by atoms with Gasteiger partial charge in [-0.1, -0.05) is 0 Å². The summed E-state index contributed by atoms with van der Waals surface area (Å²) in [6.07, 6.45) is 1.53. The Balaban J connectivity index is 1.64. The summed E-state index contributed by atoms with van der Waals surface area (Å²) in [4.78, 5) is 29.4. The highest BCUT2D eigenvalue weighted by atomic mass is 32.1. The van der Waals surface area contributed by atoms with Crippen molar-refractivity contribution in [1.82, 2.24) is 5.32 Å². The van der Waals surface area contributed by atoms with E-state index in [4.69, 9.17) is 26.4 Å². The number of thiocarbonyl (C=S) groups is 1. The van der Waals surface area contributed by atoms with Crippen LogP contribution in [0.1, 0.15) is 12.5 Å². The van der Waals surface area contributed by atoms with E-state index < -0.39 is 11.8 Å². The van der Waals surface area contributed by atoms with E-state index >= 15 is 0 Å². The zero-order valence-corrected chi connectivity index (χ0v) is 19.3. The molecule has 0 atom stereocenters. The lowest BCUT2D eigenvalue weighted by atomic mass is 10.1. The summed E-state index contributed by atoms with van der Waals surface area (Å²) in [5, 5.41) is 2.63. The molecule has 4 rings (SSSR count). The summed E-state index contributed by atoms with van der Waals surface area (Å²) in [6, 6.07) is 12.6. The molecular weight excluding hydrogens is 442 g/mol. The first-order valence-corrected chi connectivity index (χ1v) is 11.1. The molecule has 33 heavy (non-hydrogen) atoms. The number of carbonyl (C=O) groups excluding carboxylic acids is 2. The molecule has 1 N–H and O–H groups in total. The van der Waals surface area contributed by atoms with Gasteiger partial charge in [0.25, 0.3) is 11.8 Å². The Labute approximate surface area is 197 Å². The third-order valence-electron chi connectivity index (χ3n) is 5.40. The van der Waals surface area contributed by atoms with Gasteiger partial charge in [0.15, 0.2) is 5.11 Å². The number of morpholine rings is 1. The van der Waals surface area contributed by atoms with Gasteiger partial charge in [0.05, 0.1) is 32.6 Å². The number of ether oxygens (including phenoxy) is 3. The minimum Gasteiger partial charge on any atom is -0.496 e. The molecule has 8 nitrogen and oxygen atoms in total. The Morgan fingerprint density at radius 3 is 2.45 bits per heavy atom. The second-order valence-electron chi connectivity index (χ2n) is 7.41. The molecule has 0 aliphatic carbocycles. The van der Waals surface area contributed by atoms with Crippen molar-refractivity contribution in [2.75, 3.05) is 49.8 Å². The summed E-state index contributed by atoms with van der Waals surface area (Å²) in [5.41, 5.74) is 2.12. The lowest BCUT2D eigenvalue weighted by Crippen LogP contribution is -2.54. The van der Waals surface area contributed by atoms with Crippen molar-refractivity contribution in [2.24, 2.45) is 0 Å². The van der Waals surface area contributed by atoms with Crippen molar-refractivity contribution >= 4 is 46.6 Å². The number of nitrogens with one attached hydrogen (secondary N) is 1. The third-order valence-corrected chi connectivity index (χ3v) is 5.69. The Morgan fingerprint density at radius 1 is 1.09 bits per heavy atom. The van der Waals surface area contributed by atoms with Crippen LogP contribution in [0.3, 0.4) is 0 Å².